The number of carbonyl (C=O) groups excluding carboxylic acids is 1. The Kier molecular flexibility index (Phi) is 5.91. The number of hydrogen-bond acceptors (Lipinski definition) is 2. The fraction of sp³-hybridized carbons (Fsp3) is 0.917. The summed E-state index contributed by atoms with van der Waals surface area (Å²) < 4.78 is 35.7. The van der Waals surface area contributed by atoms with Gasteiger partial charge in [0.1, 0.15) is 0 Å². The van der Waals surface area contributed by atoms with E-state index in [-0.39, 0.29) is 24.3 Å². The Morgan fingerprint density at radius 1 is 1.39 bits per heavy atom. The third-order valence-electron chi connectivity index (χ3n) is 3.24. The average molecular weight is 266 g/mol. The zero-order valence-corrected chi connectivity index (χ0v) is 10.6. The van der Waals surface area contributed by atoms with Crippen molar-refractivity contribution >= 4 is 5.91 Å². The number of alkyl halides is 3. The van der Waals surface area contributed by atoms with Crippen LogP contribution in [0, 0.1) is 5.92 Å². The molecule has 1 saturated heterocycles. The second-order valence-electron chi connectivity index (χ2n) is 4.91. The van der Waals surface area contributed by atoms with Crippen molar-refractivity contribution in [1.82, 2.24) is 10.6 Å². The number of rotatable bonds is 5. The topological polar surface area (TPSA) is 41.1 Å². The van der Waals surface area contributed by atoms with Crippen LogP contribution in [0.5, 0.6) is 0 Å². The highest BCUT2D eigenvalue weighted by atomic mass is 19.4. The van der Waals surface area contributed by atoms with Gasteiger partial charge in [0.25, 0.3) is 0 Å². The fourth-order valence-corrected chi connectivity index (χ4v) is 2.17. The van der Waals surface area contributed by atoms with Gasteiger partial charge in [-0.2, -0.15) is 13.2 Å². The lowest BCUT2D eigenvalue weighted by Gasteiger charge is -2.28. The average Bonchev–Trinajstić information content (AvgIpc) is 2.27. The van der Waals surface area contributed by atoms with E-state index in [0.717, 1.165) is 19.4 Å². The van der Waals surface area contributed by atoms with Crippen LogP contribution in [0.1, 0.15) is 39.0 Å². The normalized spacial score (nSPS) is 24.9. The Morgan fingerprint density at radius 3 is 2.72 bits per heavy atom. The molecule has 3 nitrogen and oxygen atoms in total. The number of hydrogen-bond donors (Lipinski definition) is 2. The van der Waals surface area contributed by atoms with Gasteiger partial charge in [-0.15, -0.1) is 0 Å². The molecule has 1 amide bonds. The molecule has 0 aromatic rings. The molecule has 2 unspecified atom stereocenters. The summed E-state index contributed by atoms with van der Waals surface area (Å²) in [5, 5.41) is 5.84. The van der Waals surface area contributed by atoms with Crippen molar-refractivity contribution in [3.8, 4) is 0 Å². The first-order chi connectivity index (χ1) is 8.40. The van der Waals surface area contributed by atoms with Gasteiger partial charge in [0.15, 0.2) is 0 Å². The van der Waals surface area contributed by atoms with E-state index in [9.17, 15) is 18.0 Å². The molecule has 1 heterocycles. The lowest BCUT2D eigenvalue weighted by Crippen LogP contribution is -2.51. The summed E-state index contributed by atoms with van der Waals surface area (Å²) in [6.45, 7) is 3.16. The molecule has 0 aromatic carbocycles. The number of unbranched alkanes of at least 4 members (excludes halogenated alkanes) is 1. The van der Waals surface area contributed by atoms with Crippen molar-refractivity contribution in [3.05, 3.63) is 0 Å². The Labute approximate surface area is 106 Å². The van der Waals surface area contributed by atoms with E-state index in [1.54, 1.807) is 0 Å². The zero-order valence-electron chi connectivity index (χ0n) is 10.6. The van der Waals surface area contributed by atoms with Crippen LogP contribution in [-0.2, 0) is 4.79 Å². The van der Waals surface area contributed by atoms with Crippen LogP contribution in [0.2, 0.25) is 0 Å². The van der Waals surface area contributed by atoms with E-state index in [0.29, 0.717) is 13.0 Å². The standard InChI is InChI=1S/C12H21F3N2O/c1-9-5-4-8-16-10(9)11(18)17-7-3-2-6-12(13,14)15/h9-10,16H,2-8H2,1H3,(H,17,18). The SMILES string of the molecule is CC1CCCNC1C(=O)NCCCCC(F)(F)F. The van der Waals surface area contributed by atoms with Crippen molar-refractivity contribution in [2.24, 2.45) is 5.92 Å². The maximum atomic E-state index is 11.9. The lowest BCUT2D eigenvalue weighted by molar-refractivity contribution is -0.135. The summed E-state index contributed by atoms with van der Waals surface area (Å²) in [5.41, 5.74) is 0. The van der Waals surface area contributed by atoms with Crippen molar-refractivity contribution in [2.45, 2.75) is 51.2 Å². The summed E-state index contributed by atoms with van der Waals surface area (Å²) in [7, 11) is 0. The minimum atomic E-state index is -4.09. The molecule has 1 aliphatic rings. The first kappa shape index (κ1) is 15.3. The second-order valence-corrected chi connectivity index (χ2v) is 4.91. The summed E-state index contributed by atoms with van der Waals surface area (Å²) in [5.74, 6) is 0.197. The molecule has 2 N–H and O–H groups in total. The van der Waals surface area contributed by atoms with Crippen LogP contribution in [0.3, 0.4) is 0 Å². The van der Waals surface area contributed by atoms with Crippen molar-refractivity contribution in [3.63, 3.8) is 0 Å². The largest absolute Gasteiger partial charge is 0.389 e. The van der Waals surface area contributed by atoms with E-state index in [4.69, 9.17) is 0 Å². The van der Waals surface area contributed by atoms with Gasteiger partial charge < -0.3 is 10.6 Å². The van der Waals surface area contributed by atoms with E-state index in [2.05, 4.69) is 10.6 Å². The van der Waals surface area contributed by atoms with Crippen LogP contribution in [0.15, 0.2) is 0 Å². The lowest BCUT2D eigenvalue weighted by atomic mass is 9.92. The highest BCUT2D eigenvalue weighted by molar-refractivity contribution is 5.82. The number of carbonyl (C=O) groups is 1. The quantitative estimate of drug-likeness (QED) is 0.749. The minimum absolute atomic E-state index is 0.0669. The molecule has 1 aliphatic heterocycles. The minimum Gasteiger partial charge on any atom is -0.355 e. The van der Waals surface area contributed by atoms with Gasteiger partial charge in [-0.3, -0.25) is 4.79 Å². The number of halogens is 3. The highest BCUT2D eigenvalue weighted by Gasteiger charge is 2.27. The molecule has 0 saturated carbocycles. The van der Waals surface area contributed by atoms with Gasteiger partial charge in [-0.05, 0) is 38.1 Å². The molecule has 0 aliphatic carbocycles. The van der Waals surface area contributed by atoms with Gasteiger partial charge in [0.05, 0.1) is 6.04 Å². The molecular formula is C12H21F3N2O. The fourth-order valence-electron chi connectivity index (χ4n) is 2.17. The Balaban J connectivity index is 2.13. The van der Waals surface area contributed by atoms with Crippen molar-refractivity contribution in [2.75, 3.05) is 13.1 Å². The third-order valence-corrected chi connectivity index (χ3v) is 3.24. The van der Waals surface area contributed by atoms with Crippen LogP contribution < -0.4 is 10.6 Å². The van der Waals surface area contributed by atoms with Gasteiger partial charge >= 0.3 is 6.18 Å². The number of piperidine rings is 1. The number of amides is 1. The molecule has 6 heteroatoms. The zero-order chi connectivity index (χ0) is 13.6. The predicted molar refractivity (Wildman–Crippen MR) is 63.1 cm³/mol. The Morgan fingerprint density at radius 2 is 2.11 bits per heavy atom. The molecule has 18 heavy (non-hydrogen) atoms. The highest BCUT2D eigenvalue weighted by Crippen LogP contribution is 2.22. The number of nitrogens with one attached hydrogen (secondary N) is 2. The first-order valence-corrected chi connectivity index (χ1v) is 6.48. The maximum Gasteiger partial charge on any atom is 0.389 e. The van der Waals surface area contributed by atoms with E-state index in [1.807, 2.05) is 6.92 Å². The van der Waals surface area contributed by atoms with Crippen molar-refractivity contribution in [1.29, 1.82) is 0 Å². The second kappa shape index (κ2) is 6.97. The third kappa shape index (κ3) is 5.71. The van der Waals surface area contributed by atoms with Crippen LogP contribution in [-0.4, -0.2) is 31.2 Å². The molecule has 0 radical (unpaired) electrons. The van der Waals surface area contributed by atoms with E-state index >= 15 is 0 Å². The summed E-state index contributed by atoms with van der Waals surface area (Å²) >= 11 is 0. The van der Waals surface area contributed by atoms with Crippen LogP contribution in [0.4, 0.5) is 13.2 Å². The maximum absolute atomic E-state index is 11.9. The Bertz CT molecular complexity index is 269. The smallest absolute Gasteiger partial charge is 0.355 e. The van der Waals surface area contributed by atoms with Crippen LogP contribution >= 0.6 is 0 Å². The first-order valence-electron chi connectivity index (χ1n) is 6.48. The Hall–Kier alpha value is -0.780. The molecule has 1 fully saturated rings. The van der Waals surface area contributed by atoms with Crippen LogP contribution in [0.25, 0.3) is 0 Å². The van der Waals surface area contributed by atoms with Gasteiger partial charge in [-0.1, -0.05) is 6.92 Å². The van der Waals surface area contributed by atoms with Gasteiger partial charge in [0, 0.05) is 13.0 Å². The van der Waals surface area contributed by atoms with E-state index in [1.165, 1.54) is 0 Å². The summed E-state index contributed by atoms with van der Waals surface area (Å²) in [6, 6.07) is -0.193. The monoisotopic (exact) mass is 266 g/mol. The van der Waals surface area contributed by atoms with E-state index < -0.39 is 12.6 Å². The summed E-state index contributed by atoms with van der Waals surface area (Å²) in [4.78, 5) is 11.8. The molecular weight excluding hydrogens is 245 g/mol. The van der Waals surface area contributed by atoms with Gasteiger partial charge in [-0.25, -0.2) is 0 Å². The molecule has 0 bridgehead atoms. The molecule has 0 aromatic heterocycles. The molecule has 106 valence electrons. The molecule has 2 atom stereocenters. The summed E-state index contributed by atoms with van der Waals surface area (Å²) in [6.07, 6.45) is -2.36. The van der Waals surface area contributed by atoms with Gasteiger partial charge in [0.2, 0.25) is 5.91 Å². The van der Waals surface area contributed by atoms with Crippen molar-refractivity contribution < 1.29 is 18.0 Å². The molecule has 0 spiro atoms. The molecule has 1 rings (SSSR count). The predicted octanol–water partition coefficient (Wildman–Crippen LogP) is 2.22.